The molecule has 2 aromatic carbocycles. The average Bonchev–Trinajstić information content (AvgIpc) is 2.71. The minimum Gasteiger partial charge on any atom is -0.494 e. The van der Waals surface area contributed by atoms with E-state index in [0.29, 0.717) is 18.2 Å². The van der Waals surface area contributed by atoms with Gasteiger partial charge in [-0.2, -0.15) is 5.26 Å². The Bertz CT molecular complexity index is 1000. The molecule has 0 aliphatic carbocycles. The molecule has 3 rings (SSSR count). The van der Waals surface area contributed by atoms with E-state index in [1.165, 1.54) is 11.3 Å². The highest BCUT2D eigenvalue weighted by Gasteiger charge is 2.33. The Balaban J connectivity index is 1.81. The number of rotatable bonds is 5. The smallest absolute Gasteiger partial charge is 0.266 e. The first-order valence-electron chi connectivity index (χ1n) is 10.3. The number of anilines is 2. The summed E-state index contributed by atoms with van der Waals surface area (Å²) in [6.45, 7) is 9.23. The van der Waals surface area contributed by atoms with Crippen molar-refractivity contribution in [1.29, 1.82) is 5.26 Å². The lowest BCUT2D eigenvalue weighted by atomic mass is 9.80. The van der Waals surface area contributed by atoms with Gasteiger partial charge in [0.05, 0.1) is 6.61 Å². The predicted octanol–water partition coefficient (Wildman–Crippen LogP) is 5.35. The van der Waals surface area contributed by atoms with Crippen LogP contribution >= 0.6 is 0 Å². The molecule has 5 nitrogen and oxygen atoms in total. The third-order valence-electron chi connectivity index (χ3n) is 5.76. The van der Waals surface area contributed by atoms with Crippen molar-refractivity contribution in [1.82, 2.24) is 0 Å². The molecule has 0 bridgehead atoms. The van der Waals surface area contributed by atoms with Gasteiger partial charge < -0.3 is 15.0 Å². The summed E-state index contributed by atoms with van der Waals surface area (Å²) in [5.74, 6) is 0.719. The molecule has 0 fully saturated rings. The maximum atomic E-state index is 12.6. The molecule has 0 spiro atoms. The van der Waals surface area contributed by atoms with Crippen LogP contribution in [0.2, 0.25) is 0 Å². The Kier molecular flexibility index (Phi) is 6.17. The Morgan fingerprint density at radius 3 is 2.63 bits per heavy atom. The van der Waals surface area contributed by atoms with E-state index in [0.717, 1.165) is 17.7 Å². The van der Waals surface area contributed by atoms with Crippen molar-refractivity contribution in [2.75, 3.05) is 23.9 Å². The first kappa shape index (κ1) is 21.4. The average molecular weight is 404 g/mol. The largest absolute Gasteiger partial charge is 0.494 e. The second-order valence-electron chi connectivity index (χ2n) is 8.38. The lowest BCUT2D eigenvalue weighted by Crippen LogP contribution is -2.45. The van der Waals surface area contributed by atoms with E-state index < -0.39 is 5.91 Å². The lowest BCUT2D eigenvalue weighted by Gasteiger charge is -2.45. The summed E-state index contributed by atoms with van der Waals surface area (Å²) in [6, 6.07) is 15.3. The summed E-state index contributed by atoms with van der Waals surface area (Å²) in [4.78, 5) is 14.9. The molecular weight excluding hydrogens is 374 g/mol. The number of hydrogen-bond donors (Lipinski definition) is 1. The number of benzene rings is 2. The number of nitrogens with one attached hydrogen (secondary N) is 1. The number of nitrogens with zero attached hydrogens (tertiary/aromatic N) is 2. The molecule has 0 radical (unpaired) electrons. The highest BCUT2D eigenvalue weighted by Crippen LogP contribution is 2.42. The molecule has 1 aliphatic rings. The van der Waals surface area contributed by atoms with Crippen LogP contribution in [0, 0.1) is 11.3 Å². The van der Waals surface area contributed by atoms with E-state index in [1.54, 1.807) is 30.3 Å². The van der Waals surface area contributed by atoms with Crippen LogP contribution in [0.3, 0.4) is 0 Å². The van der Waals surface area contributed by atoms with Gasteiger partial charge in [-0.15, -0.1) is 0 Å². The number of nitriles is 1. The fourth-order valence-corrected chi connectivity index (χ4v) is 4.00. The van der Waals surface area contributed by atoms with Crippen molar-refractivity contribution in [3.63, 3.8) is 0 Å². The molecular formula is C25H29N3O2. The van der Waals surface area contributed by atoms with Gasteiger partial charge in [-0.05, 0) is 86.7 Å². The van der Waals surface area contributed by atoms with Crippen LogP contribution in [-0.2, 0) is 4.79 Å². The molecule has 0 aromatic heterocycles. The first-order valence-corrected chi connectivity index (χ1v) is 10.3. The monoisotopic (exact) mass is 403 g/mol. The van der Waals surface area contributed by atoms with Gasteiger partial charge >= 0.3 is 0 Å². The second kappa shape index (κ2) is 8.62. The van der Waals surface area contributed by atoms with E-state index in [-0.39, 0.29) is 11.1 Å². The van der Waals surface area contributed by atoms with Crippen molar-refractivity contribution in [2.24, 2.45) is 0 Å². The molecule has 1 unspecified atom stereocenters. The Labute approximate surface area is 179 Å². The molecule has 1 aliphatic heterocycles. The van der Waals surface area contributed by atoms with Gasteiger partial charge in [-0.3, -0.25) is 4.79 Å². The molecule has 2 aromatic rings. The van der Waals surface area contributed by atoms with Gasteiger partial charge in [0, 0.05) is 24.0 Å². The maximum Gasteiger partial charge on any atom is 0.266 e. The number of ether oxygens (including phenoxy) is 1. The van der Waals surface area contributed by atoms with E-state index >= 15 is 0 Å². The topological polar surface area (TPSA) is 65.4 Å². The summed E-state index contributed by atoms with van der Waals surface area (Å²) in [6.07, 6.45) is 2.70. The molecule has 1 heterocycles. The van der Waals surface area contributed by atoms with Gasteiger partial charge in [0.2, 0.25) is 0 Å². The van der Waals surface area contributed by atoms with Crippen molar-refractivity contribution in [2.45, 2.75) is 45.6 Å². The summed E-state index contributed by atoms with van der Waals surface area (Å²) < 4.78 is 5.41. The van der Waals surface area contributed by atoms with Gasteiger partial charge in [0.15, 0.2) is 0 Å². The summed E-state index contributed by atoms with van der Waals surface area (Å²) in [7, 11) is 2.12. The third-order valence-corrected chi connectivity index (χ3v) is 5.76. The van der Waals surface area contributed by atoms with Crippen LogP contribution in [0.4, 0.5) is 11.4 Å². The van der Waals surface area contributed by atoms with Gasteiger partial charge in [-0.1, -0.05) is 13.0 Å². The van der Waals surface area contributed by atoms with E-state index in [9.17, 15) is 10.1 Å². The number of amides is 1. The number of carbonyl (C=O) groups is 1. The molecule has 0 saturated heterocycles. The zero-order valence-corrected chi connectivity index (χ0v) is 18.3. The SMILES string of the molecule is CCOc1ccc(NC(=O)/C(C#N)=C/c2ccc3c(c2)C(C)CC(C)(C)N3C)cc1. The number of hydrogen-bond acceptors (Lipinski definition) is 4. The van der Waals surface area contributed by atoms with Crippen LogP contribution in [0.1, 0.15) is 51.2 Å². The lowest BCUT2D eigenvalue weighted by molar-refractivity contribution is -0.112. The Morgan fingerprint density at radius 2 is 2.00 bits per heavy atom. The summed E-state index contributed by atoms with van der Waals surface area (Å²) >= 11 is 0. The predicted molar refractivity (Wildman–Crippen MR) is 122 cm³/mol. The second-order valence-corrected chi connectivity index (χ2v) is 8.38. The molecule has 156 valence electrons. The fraction of sp³-hybridized carbons (Fsp3) is 0.360. The third kappa shape index (κ3) is 4.49. The molecule has 1 atom stereocenters. The quantitative estimate of drug-likeness (QED) is 0.540. The molecule has 1 N–H and O–H groups in total. The molecule has 0 saturated carbocycles. The molecule has 30 heavy (non-hydrogen) atoms. The van der Waals surface area contributed by atoms with Crippen LogP contribution in [0.15, 0.2) is 48.0 Å². The minimum absolute atomic E-state index is 0.0704. The summed E-state index contributed by atoms with van der Waals surface area (Å²) in [5.41, 5.74) is 4.09. The Morgan fingerprint density at radius 1 is 1.30 bits per heavy atom. The zero-order chi connectivity index (χ0) is 21.9. The Hall–Kier alpha value is -3.26. The van der Waals surface area contributed by atoms with Gasteiger partial charge in [0.25, 0.3) is 5.91 Å². The van der Waals surface area contributed by atoms with Gasteiger partial charge in [0.1, 0.15) is 17.4 Å². The number of fused-ring (bicyclic) bond motifs is 1. The van der Waals surface area contributed by atoms with Crippen LogP contribution in [0.25, 0.3) is 6.08 Å². The zero-order valence-electron chi connectivity index (χ0n) is 18.3. The van der Waals surface area contributed by atoms with Crippen LogP contribution in [0.5, 0.6) is 5.75 Å². The maximum absolute atomic E-state index is 12.6. The van der Waals surface area contributed by atoms with Crippen molar-refractivity contribution in [3.8, 4) is 11.8 Å². The minimum atomic E-state index is -0.425. The summed E-state index contributed by atoms with van der Waals surface area (Å²) in [5, 5.41) is 12.3. The van der Waals surface area contributed by atoms with Crippen LogP contribution in [-0.4, -0.2) is 25.1 Å². The number of carbonyl (C=O) groups excluding carboxylic acids is 1. The molecule has 1 amide bonds. The normalized spacial score (nSPS) is 17.7. The van der Waals surface area contributed by atoms with Gasteiger partial charge in [-0.25, -0.2) is 0 Å². The van der Waals surface area contributed by atoms with E-state index in [1.807, 2.05) is 19.1 Å². The first-order chi connectivity index (χ1) is 14.2. The van der Waals surface area contributed by atoms with E-state index in [4.69, 9.17) is 4.74 Å². The molecule has 5 heteroatoms. The van der Waals surface area contributed by atoms with Crippen molar-refractivity contribution >= 4 is 23.4 Å². The highest BCUT2D eigenvalue weighted by atomic mass is 16.5. The van der Waals surface area contributed by atoms with Crippen molar-refractivity contribution < 1.29 is 9.53 Å². The highest BCUT2D eigenvalue weighted by molar-refractivity contribution is 6.09. The van der Waals surface area contributed by atoms with Crippen molar-refractivity contribution in [3.05, 3.63) is 59.2 Å². The standard InChI is InChI=1S/C25H29N3O2/c1-6-30-21-10-8-20(9-11-21)27-24(29)19(16-26)13-18-7-12-23-22(14-18)17(2)15-25(3,4)28(23)5/h7-14,17H,6,15H2,1-5H3,(H,27,29)/b19-13+. The fourth-order valence-electron chi connectivity index (χ4n) is 4.00. The van der Waals surface area contributed by atoms with Crippen LogP contribution < -0.4 is 15.0 Å². The van der Waals surface area contributed by atoms with E-state index in [2.05, 4.69) is 50.2 Å².